The molecule has 1 aromatic heterocycles. The Kier molecular flexibility index (Phi) is 3.21. The molecule has 18 heavy (non-hydrogen) atoms. The highest BCUT2D eigenvalue weighted by molar-refractivity contribution is 5.60. The van der Waals surface area contributed by atoms with Crippen LogP contribution in [0.2, 0.25) is 0 Å². The number of aromatic nitrogens is 1. The SMILES string of the molecule is Nc1ccc([N+](=O)[O-])cc1C#Cc1ccccn1. The van der Waals surface area contributed by atoms with Gasteiger partial charge in [-0.2, -0.15) is 0 Å². The molecule has 0 atom stereocenters. The molecule has 0 fully saturated rings. The second-order valence-electron chi connectivity index (χ2n) is 3.49. The minimum atomic E-state index is -0.481. The fourth-order valence-corrected chi connectivity index (χ4v) is 1.33. The summed E-state index contributed by atoms with van der Waals surface area (Å²) in [5, 5.41) is 10.6. The molecule has 5 nitrogen and oxygen atoms in total. The number of benzene rings is 1. The summed E-state index contributed by atoms with van der Waals surface area (Å²) in [4.78, 5) is 14.2. The molecule has 2 aromatic rings. The van der Waals surface area contributed by atoms with Crippen molar-refractivity contribution in [2.24, 2.45) is 0 Å². The molecule has 0 bridgehead atoms. The summed E-state index contributed by atoms with van der Waals surface area (Å²) in [6.45, 7) is 0. The average Bonchev–Trinajstić information content (AvgIpc) is 2.38. The van der Waals surface area contributed by atoms with Crippen LogP contribution >= 0.6 is 0 Å². The Labute approximate surface area is 103 Å². The summed E-state index contributed by atoms with van der Waals surface area (Å²) in [5.41, 5.74) is 7.09. The smallest absolute Gasteiger partial charge is 0.270 e. The van der Waals surface area contributed by atoms with Crippen molar-refractivity contribution < 1.29 is 4.92 Å². The molecule has 0 aliphatic carbocycles. The van der Waals surface area contributed by atoms with Gasteiger partial charge in [0.05, 0.1) is 10.5 Å². The molecule has 0 unspecified atom stereocenters. The second-order valence-corrected chi connectivity index (χ2v) is 3.49. The zero-order valence-corrected chi connectivity index (χ0v) is 9.33. The Morgan fingerprint density at radius 3 is 2.72 bits per heavy atom. The second kappa shape index (κ2) is 4.97. The first kappa shape index (κ1) is 11.6. The molecule has 0 saturated heterocycles. The van der Waals surface area contributed by atoms with Gasteiger partial charge in [-0.15, -0.1) is 0 Å². The number of nitro benzene ring substituents is 1. The van der Waals surface area contributed by atoms with E-state index >= 15 is 0 Å². The first-order valence-corrected chi connectivity index (χ1v) is 5.14. The minimum absolute atomic E-state index is 0.0329. The van der Waals surface area contributed by atoms with Gasteiger partial charge in [0.2, 0.25) is 0 Å². The fraction of sp³-hybridized carbons (Fsp3) is 0. The van der Waals surface area contributed by atoms with Crippen molar-refractivity contribution >= 4 is 11.4 Å². The third-order valence-corrected chi connectivity index (χ3v) is 2.24. The standard InChI is InChI=1S/C13H9N3O2/c14-13-7-6-12(16(17)18)9-10(13)4-5-11-3-1-2-8-15-11/h1-3,6-9H,14H2. The topological polar surface area (TPSA) is 82.0 Å². The predicted molar refractivity (Wildman–Crippen MR) is 67.7 cm³/mol. The number of nitrogens with two attached hydrogens (primary N) is 1. The summed E-state index contributed by atoms with van der Waals surface area (Å²) < 4.78 is 0. The number of rotatable bonds is 1. The minimum Gasteiger partial charge on any atom is -0.398 e. The zero-order chi connectivity index (χ0) is 13.0. The Bertz CT molecular complexity index is 642. The third-order valence-electron chi connectivity index (χ3n) is 2.24. The highest BCUT2D eigenvalue weighted by atomic mass is 16.6. The third kappa shape index (κ3) is 2.62. The van der Waals surface area contributed by atoms with Crippen molar-refractivity contribution in [3.05, 3.63) is 64.0 Å². The summed E-state index contributed by atoms with van der Waals surface area (Å²) in [6, 6.07) is 9.52. The van der Waals surface area contributed by atoms with Crippen molar-refractivity contribution in [2.75, 3.05) is 5.73 Å². The van der Waals surface area contributed by atoms with Gasteiger partial charge >= 0.3 is 0 Å². The van der Waals surface area contributed by atoms with Gasteiger partial charge in [-0.05, 0) is 24.1 Å². The Morgan fingerprint density at radius 2 is 2.06 bits per heavy atom. The van der Waals surface area contributed by atoms with Crippen LogP contribution in [0.5, 0.6) is 0 Å². The van der Waals surface area contributed by atoms with Crippen LogP contribution in [0.4, 0.5) is 11.4 Å². The van der Waals surface area contributed by atoms with E-state index in [4.69, 9.17) is 5.73 Å². The van der Waals surface area contributed by atoms with E-state index in [1.54, 1.807) is 18.3 Å². The molecule has 0 spiro atoms. The molecule has 88 valence electrons. The van der Waals surface area contributed by atoms with Crippen molar-refractivity contribution in [1.82, 2.24) is 4.98 Å². The lowest BCUT2D eigenvalue weighted by atomic mass is 10.1. The van der Waals surface area contributed by atoms with Crippen LogP contribution in [-0.4, -0.2) is 9.91 Å². The van der Waals surface area contributed by atoms with Crippen LogP contribution in [0.15, 0.2) is 42.6 Å². The van der Waals surface area contributed by atoms with E-state index in [9.17, 15) is 10.1 Å². The van der Waals surface area contributed by atoms with Crippen LogP contribution < -0.4 is 5.73 Å². The molecule has 0 amide bonds. The van der Waals surface area contributed by atoms with Crippen molar-refractivity contribution in [1.29, 1.82) is 0 Å². The maximum atomic E-state index is 10.6. The first-order valence-electron chi connectivity index (χ1n) is 5.14. The van der Waals surface area contributed by atoms with Gasteiger partial charge in [-0.25, -0.2) is 4.98 Å². The molecular formula is C13H9N3O2. The molecule has 2 N–H and O–H groups in total. The zero-order valence-electron chi connectivity index (χ0n) is 9.33. The van der Waals surface area contributed by atoms with Crippen LogP contribution in [0.1, 0.15) is 11.3 Å². The average molecular weight is 239 g/mol. The number of nitro groups is 1. The predicted octanol–water partition coefficient (Wildman–Crippen LogP) is 1.97. The molecule has 0 radical (unpaired) electrons. The van der Waals surface area contributed by atoms with Gasteiger partial charge in [0.25, 0.3) is 5.69 Å². The summed E-state index contributed by atoms with van der Waals surface area (Å²) in [6.07, 6.45) is 1.63. The largest absolute Gasteiger partial charge is 0.398 e. The van der Waals surface area contributed by atoms with E-state index in [2.05, 4.69) is 16.8 Å². The lowest BCUT2D eigenvalue weighted by molar-refractivity contribution is -0.384. The highest BCUT2D eigenvalue weighted by Crippen LogP contribution is 2.18. The fourth-order valence-electron chi connectivity index (χ4n) is 1.33. The molecule has 5 heteroatoms. The van der Waals surface area contributed by atoms with Crippen molar-refractivity contribution in [3.8, 4) is 11.8 Å². The molecule has 1 heterocycles. The molecule has 1 aromatic carbocycles. The lowest BCUT2D eigenvalue weighted by Gasteiger charge is -1.97. The number of nitrogens with zero attached hydrogens (tertiary/aromatic N) is 2. The van der Waals surface area contributed by atoms with Gasteiger partial charge in [-0.3, -0.25) is 10.1 Å². The molecule has 0 aliphatic heterocycles. The lowest BCUT2D eigenvalue weighted by Crippen LogP contribution is -1.94. The molecule has 0 aliphatic rings. The van der Waals surface area contributed by atoms with Crippen LogP contribution in [0, 0.1) is 22.0 Å². The Balaban J connectivity index is 2.38. The Hall–Kier alpha value is -2.87. The van der Waals surface area contributed by atoms with Crippen LogP contribution in [0.25, 0.3) is 0 Å². The first-order chi connectivity index (χ1) is 8.66. The van der Waals surface area contributed by atoms with E-state index in [1.807, 2.05) is 6.07 Å². The Morgan fingerprint density at radius 1 is 1.22 bits per heavy atom. The van der Waals surface area contributed by atoms with E-state index in [0.717, 1.165) is 0 Å². The van der Waals surface area contributed by atoms with Gasteiger partial charge in [0, 0.05) is 24.0 Å². The van der Waals surface area contributed by atoms with E-state index in [-0.39, 0.29) is 5.69 Å². The van der Waals surface area contributed by atoms with Gasteiger partial charge in [0.15, 0.2) is 0 Å². The number of hydrogen-bond acceptors (Lipinski definition) is 4. The monoisotopic (exact) mass is 239 g/mol. The molecule has 0 saturated carbocycles. The summed E-state index contributed by atoms with van der Waals surface area (Å²) in [7, 11) is 0. The van der Waals surface area contributed by atoms with Crippen molar-refractivity contribution in [3.63, 3.8) is 0 Å². The van der Waals surface area contributed by atoms with Crippen molar-refractivity contribution in [2.45, 2.75) is 0 Å². The number of hydrogen-bond donors (Lipinski definition) is 1. The summed E-state index contributed by atoms with van der Waals surface area (Å²) >= 11 is 0. The molecular weight excluding hydrogens is 230 g/mol. The normalized spacial score (nSPS) is 9.33. The molecule has 2 rings (SSSR count). The maximum Gasteiger partial charge on any atom is 0.270 e. The summed E-state index contributed by atoms with van der Waals surface area (Å²) in [5.74, 6) is 5.59. The highest BCUT2D eigenvalue weighted by Gasteiger charge is 2.07. The maximum absolute atomic E-state index is 10.6. The van der Waals surface area contributed by atoms with E-state index in [1.165, 1.54) is 18.2 Å². The number of pyridine rings is 1. The van der Waals surface area contributed by atoms with E-state index < -0.39 is 4.92 Å². The van der Waals surface area contributed by atoms with Gasteiger partial charge in [-0.1, -0.05) is 12.0 Å². The van der Waals surface area contributed by atoms with Crippen LogP contribution in [-0.2, 0) is 0 Å². The number of anilines is 1. The number of non-ortho nitro benzene ring substituents is 1. The van der Waals surface area contributed by atoms with Gasteiger partial charge in [0.1, 0.15) is 5.69 Å². The van der Waals surface area contributed by atoms with Crippen LogP contribution in [0.3, 0.4) is 0 Å². The van der Waals surface area contributed by atoms with Gasteiger partial charge < -0.3 is 5.73 Å². The van der Waals surface area contributed by atoms with E-state index in [0.29, 0.717) is 16.9 Å². The quantitative estimate of drug-likeness (QED) is 0.357. The number of nitrogen functional groups attached to an aromatic ring is 1.